The second kappa shape index (κ2) is 8.79. The van der Waals surface area contributed by atoms with Crippen LogP contribution in [0.25, 0.3) is 0 Å². The molecule has 0 bridgehead atoms. The first-order valence-corrected chi connectivity index (χ1v) is 9.31. The molecule has 26 heavy (non-hydrogen) atoms. The Morgan fingerprint density at radius 1 is 1.23 bits per heavy atom. The third-order valence-electron chi connectivity index (χ3n) is 4.46. The summed E-state index contributed by atoms with van der Waals surface area (Å²) in [6.07, 6.45) is 2.20. The number of unbranched alkanes of at least 4 members (excludes halogenated alkanes) is 1. The molecule has 0 aliphatic carbocycles. The van der Waals surface area contributed by atoms with Crippen LogP contribution in [0.15, 0.2) is 24.3 Å². The van der Waals surface area contributed by atoms with Crippen LogP contribution in [0.3, 0.4) is 0 Å². The second-order valence-corrected chi connectivity index (χ2v) is 7.08. The molecule has 0 radical (unpaired) electrons. The summed E-state index contributed by atoms with van der Waals surface area (Å²) in [4.78, 5) is 23.8. The van der Waals surface area contributed by atoms with Crippen LogP contribution in [0.5, 0.6) is 0 Å². The summed E-state index contributed by atoms with van der Waals surface area (Å²) >= 11 is 0. The molecule has 0 fully saturated rings. The largest absolute Gasteiger partial charge is 0.360 e. The Morgan fingerprint density at radius 2 is 1.96 bits per heavy atom. The molecular weight excluding hydrogens is 324 g/mol. The third-order valence-corrected chi connectivity index (χ3v) is 4.46. The van der Waals surface area contributed by atoms with Crippen molar-refractivity contribution < 1.29 is 4.79 Å². The molecule has 140 valence electrons. The highest BCUT2D eigenvalue weighted by molar-refractivity contribution is 6.04. The van der Waals surface area contributed by atoms with E-state index in [4.69, 9.17) is 0 Å². The molecular formula is C21H30N4O. The maximum absolute atomic E-state index is 12.9. The average Bonchev–Trinajstić information content (AvgIpc) is 2.60. The molecule has 5 heteroatoms. The Morgan fingerprint density at radius 3 is 2.62 bits per heavy atom. The van der Waals surface area contributed by atoms with Crippen molar-refractivity contribution in [1.82, 2.24) is 9.97 Å². The van der Waals surface area contributed by atoms with Gasteiger partial charge < -0.3 is 10.2 Å². The van der Waals surface area contributed by atoms with E-state index in [1.165, 1.54) is 0 Å². The van der Waals surface area contributed by atoms with Gasteiger partial charge in [-0.05, 0) is 37.3 Å². The quantitative estimate of drug-likeness (QED) is 0.782. The van der Waals surface area contributed by atoms with Gasteiger partial charge in [0, 0.05) is 25.3 Å². The summed E-state index contributed by atoms with van der Waals surface area (Å²) < 4.78 is 0. The first-order valence-electron chi connectivity index (χ1n) is 9.31. The zero-order valence-corrected chi connectivity index (χ0v) is 16.8. The smallest absolute Gasteiger partial charge is 0.274 e. The van der Waals surface area contributed by atoms with Gasteiger partial charge in [0.2, 0.25) is 0 Å². The van der Waals surface area contributed by atoms with Gasteiger partial charge in [0.1, 0.15) is 17.3 Å². The van der Waals surface area contributed by atoms with Crippen molar-refractivity contribution in [3.63, 3.8) is 0 Å². The lowest BCUT2D eigenvalue weighted by Gasteiger charge is -2.19. The standard InChI is InChI=1S/C21H30N4O/c1-7-8-12-25(6)19-13-18(22-16(5)23-19)21(26)24-20-15(4)10-9-11-17(20)14(2)3/h9-11,13-14H,7-8,12H2,1-6H3,(H,24,26). The minimum absolute atomic E-state index is 0.197. The summed E-state index contributed by atoms with van der Waals surface area (Å²) in [5, 5.41) is 3.07. The van der Waals surface area contributed by atoms with Crippen LogP contribution in [0.1, 0.15) is 67.0 Å². The fourth-order valence-corrected chi connectivity index (χ4v) is 2.89. The average molecular weight is 354 g/mol. The number of hydrogen-bond acceptors (Lipinski definition) is 4. The van der Waals surface area contributed by atoms with Gasteiger partial charge >= 0.3 is 0 Å². The molecule has 0 aliphatic heterocycles. The normalized spacial score (nSPS) is 10.9. The number of hydrogen-bond donors (Lipinski definition) is 1. The first-order chi connectivity index (χ1) is 12.3. The molecule has 5 nitrogen and oxygen atoms in total. The van der Waals surface area contributed by atoms with Crippen molar-refractivity contribution in [3.05, 3.63) is 46.9 Å². The molecule has 1 amide bonds. The van der Waals surface area contributed by atoms with Gasteiger partial charge in [-0.2, -0.15) is 0 Å². The maximum Gasteiger partial charge on any atom is 0.274 e. The molecule has 1 heterocycles. The lowest BCUT2D eigenvalue weighted by molar-refractivity contribution is 0.102. The van der Waals surface area contributed by atoms with Crippen molar-refractivity contribution in [2.45, 2.75) is 53.4 Å². The number of amides is 1. The number of aromatic nitrogens is 2. The first kappa shape index (κ1) is 19.9. The fraction of sp³-hybridized carbons (Fsp3) is 0.476. The predicted molar refractivity (Wildman–Crippen MR) is 108 cm³/mol. The fourth-order valence-electron chi connectivity index (χ4n) is 2.89. The lowest BCUT2D eigenvalue weighted by Crippen LogP contribution is -2.22. The predicted octanol–water partition coefficient (Wildman–Crippen LogP) is 4.71. The van der Waals surface area contributed by atoms with E-state index in [9.17, 15) is 4.79 Å². The van der Waals surface area contributed by atoms with Crippen LogP contribution in [-0.2, 0) is 0 Å². The molecule has 1 aromatic heterocycles. The molecule has 0 saturated heterocycles. The van der Waals surface area contributed by atoms with Gasteiger partial charge in [-0.3, -0.25) is 4.79 Å². The second-order valence-electron chi connectivity index (χ2n) is 7.08. The van der Waals surface area contributed by atoms with Crippen LogP contribution in [-0.4, -0.2) is 29.5 Å². The number of nitrogens with zero attached hydrogens (tertiary/aromatic N) is 3. The van der Waals surface area contributed by atoms with Gasteiger partial charge in [-0.1, -0.05) is 45.4 Å². The topological polar surface area (TPSA) is 58.1 Å². The Bertz CT molecular complexity index is 771. The van der Waals surface area contributed by atoms with E-state index in [2.05, 4.69) is 47.0 Å². The SMILES string of the molecule is CCCCN(C)c1cc(C(=O)Nc2c(C)cccc2C(C)C)nc(C)n1. The molecule has 0 aliphatic rings. The number of aryl methyl sites for hydroxylation is 2. The molecule has 0 spiro atoms. The molecule has 0 atom stereocenters. The van der Waals surface area contributed by atoms with Gasteiger partial charge in [0.15, 0.2) is 0 Å². The minimum Gasteiger partial charge on any atom is -0.360 e. The van der Waals surface area contributed by atoms with Gasteiger partial charge in [-0.25, -0.2) is 9.97 Å². The molecule has 2 aromatic rings. The van der Waals surface area contributed by atoms with Crippen molar-refractivity contribution in [2.75, 3.05) is 23.8 Å². The number of rotatable bonds is 7. The van der Waals surface area contributed by atoms with Crippen LogP contribution >= 0.6 is 0 Å². The van der Waals surface area contributed by atoms with E-state index in [1.54, 1.807) is 6.07 Å². The van der Waals surface area contributed by atoms with E-state index >= 15 is 0 Å². The summed E-state index contributed by atoms with van der Waals surface area (Å²) in [7, 11) is 2.00. The van der Waals surface area contributed by atoms with E-state index < -0.39 is 0 Å². The highest BCUT2D eigenvalue weighted by Crippen LogP contribution is 2.28. The highest BCUT2D eigenvalue weighted by atomic mass is 16.1. The van der Waals surface area contributed by atoms with Crippen molar-refractivity contribution in [1.29, 1.82) is 0 Å². The molecule has 1 N–H and O–H groups in total. The van der Waals surface area contributed by atoms with Crippen LogP contribution in [0.4, 0.5) is 11.5 Å². The number of benzene rings is 1. The Labute approximate surface area is 156 Å². The third kappa shape index (κ3) is 4.81. The number of carbonyl (C=O) groups excluding carboxylic acids is 1. The highest BCUT2D eigenvalue weighted by Gasteiger charge is 2.16. The van der Waals surface area contributed by atoms with Crippen molar-refractivity contribution >= 4 is 17.4 Å². The van der Waals surface area contributed by atoms with Crippen LogP contribution < -0.4 is 10.2 Å². The van der Waals surface area contributed by atoms with Gasteiger partial charge in [0.05, 0.1) is 0 Å². The van der Waals surface area contributed by atoms with E-state index in [-0.39, 0.29) is 5.91 Å². The minimum atomic E-state index is -0.197. The van der Waals surface area contributed by atoms with Crippen LogP contribution in [0.2, 0.25) is 0 Å². The van der Waals surface area contributed by atoms with Gasteiger partial charge in [0.25, 0.3) is 5.91 Å². The number of anilines is 2. The van der Waals surface area contributed by atoms with E-state index in [1.807, 2.05) is 33.0 Å². The Balaban J connectivity index is 2.30. The number of para-hydroxylation sites is 1. The van der Waals surface area contributed by atoms with E-state index in [0.717, 1.165) is 42.0 Å². The van der Waals surface area contributed by atoms with Gasteiger partial charge in [-0.15, -0.1) is 0 Å². The molecule has 2 rings (SSSR count). The van der Waals surface area contributed by atoms with Crippen LogP contribution in [0, 0.1) is 13.8 Å². The zero-order chi connectivity index (χ0) is 19.3. The Kier molecular flexibility index (Phi) is 6.72. The molecule has 1 aromatic carbocycles. The summed E-state index contributed by atoms with van der Waals surface area (Å²) in [5.74, 6) is 1.51. The monoisotopic (exact) mass is 354 g/mol. The summed E-state index contributed by atoms with van der Waals surface area (Å²) in [5.41, 5.74) is 3.46. The molecule has 0 saturated carbocycles. The van der Waals surface area contributed by atoms with Crippen molar-refractivity contribution in [3.8, 4) is 0 Å². The van der Waals surface area contributed by atoms with Crippen molar-refractivity contribution in [2.24, 2.45) is 0 Å². The summed E-state index contributed by atoms with van der Waals surface area (Å²) in [6.45, 7) is 11.1. The number of nitrogens with one attached hydrogen (secondary N) is 1. The molecule has 0 unspecified atom stereocenters. The number of carbonyl (C=O) groups is 1. The lowest BCUT2D eigenvalue weighted by atomic mass is 9.98. The summed E-state index contributed by atoms with van der Waals surface area (Å²) in [6, 6.07) is 7.86. The Hall–Kier alpha value is -2.43. The zero-order valence-electron chi connectivity index (χ0n) is 16.8. The maximum atomic E-state index is 12.9. The van der Waals surface area contributed by atoms with E-state index in [0.29, 0.717) is 17.4 Å².